The minimum atomic E-state index is -0.837. The summed E-state index contributed by atoms with van der Waals surface area (Å²) < 4.78 is 0. The third-order valence-corrected chi connectivity index (χ3v) is 4.67. The van der Waals surface area contributed by atoms with Gasteiger partial charge in [0.15, 0.2) is 0 Å². The van der Waals surface area contributed by atoms with E-state index in [0.29, 0.717) is 45.6 Å². The average molecular weight is 324 g/mol. The summed E-state index contributed by atoms with van der Waals surface area (Å²) in [5, 5.41) is 2.91. The van der Waals surface area contributed by atoms with Crippen molar-refractivity contribution in [3.05, 3.63) is 0 Å². The Morgan fingerprint density at radius 2 is 1.61 bits per heavy atom. The van der Waals surface area contributed by atoms with Crippen molar-refractivity contribution in [2.45, 2.75) is 26.2 Å². The summed E-state index contributed by atoms with van der Waals surface area (Å²) in [6.45, 7) is 5.21. The molecule has 7 nitrogen and oxygen atoms in total. The van der Waals surface area contributed by atoms with Crippen LogP contribution in [0, 0.1) is 5.41 Å². The zero-order chi connectivity index (χ0) is 17.0. The molecule has 1 heterocycles. The Hall–Kier alpha value is -1.63. The van der Waals surface area contributed by atoms with Crippen LogP contribution < -0.4 is 5.32 Å². The Morgan fingerprint density at radius 1 is 1.04 bits per heavy atom. The molecule has 130 valence electrons. The SMILES string of the molecule is CC(=O)N1CCN(C(=O)C2(C(=O)NCCCN(C)C)CC2)CC1. The van der Waals surface area contributed by atoms with E-state index in [4.69, 9.17) is 0 Å². The highest BCUT2D eigenvalue weighted by Gasteiger charge is 2.58. The molecule has 1 saturated carbocycles. The summed E-state index contributed by atoms with van der Waals surface area (Å²) in [7, 11) is 3.99. The number of carbonyl (C=O) groups is 3. The van der Waals surface area contributed by atoms with Gasteiger partial charge in [0.2, 0.25) is 17.7 Å². The van der Waals surface area contributed by atoms with E-state index in [1.165, 1.54) is 0 Å². The summed E-state index contributed by atoms with van der Waals surface area (Å²) in [5.41, 5.74) is -0.837. The van der Waals surface area contributed by atoms with Gasteiger partial charge in [0.25, 0.3) is 0 Å². The highest BCUT2D eigenvalue weighted by atomic mass is 16.2. The van der Waals surface area contributed by atoms with E-state index in [9.17, 15) is 14.4 Å². The Labute approximate surface area is 138 Å². The quantitative estimate of drug-likeness (QED) is 0.529. The van der Waals surface area contributed by atoms with E-state index in [-0.39, 0.29) is 17.7 Å². The van der Waals surface area contributed by atoms with Crippen molar-refractivity contribution in [1.82, 2.24) is 20.0 Å². The molecule has 0 unspecified atom stereocenters. The molecule has 3 amide bonds. The first-order chi connectivity index (χ1) is 10.9. The van der Waals surface area contributed by atoms with Crippen LogP contribution in [-0.4, -0.2) is 85.8 Å². The maximum absolute atomic E-state index is 12.7. The van der Waals surface area contributed by atoms with Crippen LogP contribution >= 0.6 is 0 Å². The van der Waals surface area contributed by atoms with Gasteiger partial charge >= 0.3 is 0 Å². The van der Waals surface area contributed by atoms with Crippen molar-refractivity contribution >= 4 is 17.7 Å². The molecule has 0 aromatic rings. The Balaban J connectivity index is 1.81. The number of nitrogens with zero attached hydrogens (tertiary/aromatic N) is 3. The van der Waals surface area contributed by atoms with E-state index in [2.05, 4.69) is 10.2 Å². The van der Waals surface area contributed by atoms with Crippen molar-refractivity contribution in [2.24, 2.45) is 5.41 Å². The van der Waals surface area contributed by atoms with Crippen molar-refractivity contribution < 1.29 is 14.4 Å². The molecule has 23 heavy (non-hydrogen) atoms. The summed E-state index contributed by atoms with van der Waals surface area (Å²) in [6.07, 6.45) is 2.15. The standard InChI is InChI=1S/C16H28N4O3/c1-13(21)19-9-11-20(12-10-19)15(23)16(5-6-16)14(22)17-7-4-8-18(2)3/h4-12H2,1-3H3,(H,17,22). The first kappa shape index (κ1) is 17.7. The number of hydrogen-bond donors (Lipinski definition) is 1. The molecule has 1 aliphatic heterocycles. The van der Waals surface area contributed by atoms with E-state index in [1.807, 2.05) is 14.1 Å². The Kier molecular flexibility index (Phi) is 5.62. The number of rotatable bonds is 6. The smallest absolute Gasteiger partial charge is 0.238 e. The molecule has 0 aromatic heterocycles. The lowest BCUT2D eigenvalue weighted by Gasteiger charge is -2.35. The average Bonchev–Trinajstić information content (AvgIpc) is 3.32. The molecule has 2 fully saturated rings. The molecule has 0 atom stereocenters. The van der Waals surface area contributed by atoms with Gasteiger partial charge in [-0.25, -0.2) is 0 Å². The lowest BCUT2D eigenvalue weighted by molar-refractivity contribution is -0.147. The van der Waals surface area contributed by atoms with Crippen molar-refractivity contribution in [2.75, 3.05) is 53.4 Å². The van der Waals surface area contributed by atoms with Crippen LogP contribution in [0.2, 0.25) is 0 Å². The summed E-state index contributed by atoms with van der Waals surface area (Å²) >= 11 is 0. The van der Waals surface area contributed by atoms with Gasteiger partial charge in [0.1, 0.15) is 5.41 Å². The zero-order valence-electron chi connectivity index (χ0n) is 14.4. The number of piperazine rings is 1. The molecule has 2 rings (SSSR count). The monoisotopic (exact) mass is 324 g/mol. The zero-order valence-corrected chi connectivity index (χ0v) is 14.4. The predicted octanol–water partition coefficient (Wildman–Crippen LogP) is -0.475. The van der Waals surface area contributed by atoms with E-state index < -0.39 is 5.41 Å². The van der Waals surface area contributed by atoms with Gasteiger partial charge in [-0.3, -0.25) is 14.4 Å². The van der Waals surface area contributed by atoms with Crippen molar-refractivity contribution in [1.29, 1.82) is 0 Å². The first-order valence-corrected chi connectivity index (χ1v) is 8.35. The molecule has 0 radical (unpaired) electrons. The lowest BCUT2D eigenvalue weighted by Crippen LogP contribution is -2.54. The fourth-order valence-corrected chi connectivity index (χ4v) is 2.96. The molecule has 1 aliphatic carbocycles. The largest absolute Gasteiger partial charge is 0.355 e. The van der Waals surface area contributed by atoms with E-state index in [1.54, 1.807) is 16.7 Å². The van der Waals surface area contributed by atoms with Crippen LogP contribution in [0.15, 0.2) is 0 Å². The van der Waals surface area contributed by atoms with Crippen LogP contribution in [0.1, 0.15) is 26.2 Å². The van der Waals surface area contributed by atoms with Gasteiger partial charge in [-0.05, 0) is 39.9 Å². The molecule has 0 aromatic carbocycles. The molecule has 7 heteroatoms. The van der Waals surface area contributed by atoms with Gasteiger partial charge in [-0.15, -0.1) is 0 Å². The van der Waals surface area contributed by atoms with Crippen LogP contribution in [0.4, 0.5) is 0 Å². The Bertz CT molecular complexity index is 466. The second-order valence-electron chi connectivity index (χ2n) is 6.79. The van der Waals surface area contributed by atoms with Gasteiger partial charge in [-0.2, -0.15) is 0 Å². The molecule has 2 aliphatic rings. The van der Waals surface area contributed by atoms with Gasteiger partial charge in [-0.1, -0.05) is 0 Å². The third-order valence-electron chi connectivity index (χ3n) is 4.67. The second-order valence-corrected chi connectivity index (χ2v) is 6.79. The highest BCUT2D eigenvalue weighted by Crippen LogP contribution is 2.47. The third kappa shape index (κ3) is 4.22. The highest BCUT2D eigenvalue weighted by molar-refractivity contribution is 6.07. The lowest BCUT2D eigenvalue weighted by atomic mass is 10.0. The minimum absolute atomic E-state index is 0.0388. The fraction of sp³-hybridized carbons (Fsp3) is 0.812. The van der Waals surface area contributed by atoms with Gasteiger partial charge < -0.3 is 20.0 Å². The molecule has 1 saturated heterocycles. The maximum atomic E-state index is 12.7. The van der Waals surface area contributed by atoms with Crippen LogP contribution in [-0.2, 0) is 14.4 Å². The first-order valence-electron chi connectivity index (χ1n) is 8.35. The predicted molar refractivity (Wildman–Crippen MR) is 86.7 cm³/mol. The molecular weight excluding hydrogens is 296 g/mol. The van der Waals surface area contributed by atoms with E-state index >= 15 is 0 Å². The molecule has 0 bridgehead atoms. The van der Waals surface area contributed by atoms with Crippen molar-refractivity contribution in [3.63, 3.8) is 0 Å². The normalized spacial score (nSPS) is 19.7. The van der Waals surface area contributed by atoms with Crippen molar-refractivity contribution in [3.8, 4) is 0 Å². The number of hydrogen-bond acceptors (Lipinski definition) is 4. The van der Waals surface area contributed by atoms with Gasteiger partial charge in [0.05, 0.1) is 0 Å². The maximum Gasteiger partial charge on any atom is 0.238 e. The number of carbonyl (C=O) groups excluding carboxylic acids is 3. The topological polar surface area (TPSA) is 73.0 Å². The summed E-state index contributed by atoms with van der Waals surface area (Å²) in [5.74, 6) is -0.155. The van der Waals surface area contributed by atoms with Crippen LogP contribution in [0.5, 0.6) is 0 Å². The fourth-order valence-electron chi connectivity index (χ4n) is 2.96. The summed E-state index contributed by atoms with van der Waals surface area (Å²) in [6, 6.07) is 0. The Morgan fingerprint density at radius 3 is 2.09 bits per heavy atom. The molecular formula is C16H28N4O3. The number of nitrogens with one attached hydrogen (secondary N) is 1. The second kappa shape index (κ2) is 7.29. The summed E-state index contributed by atoms with van der Waals surface area (Å²) in [4.78, 5) is 42.0. The van der Waals surface area contributed by atoms with E-state index in [0.717, 1.165) is 13.0 Å². The van der Waals surface area contributed by atoms with Crippen LogP contribution in [0.25, 0.3) is 0 Å². The molecule has 1 N–H and O–H groups in total. The van der Waals surface area contributed by atoms with Gasteiger partial charge in [0, 0.05) is 39.6 Å². The number of amides is 3. The minimum Gasteiger partial charge on any atom is -0.355 e. The molecule has 0 spiro atoms. The van der Waals surface area contributed by atoms with Crippen LogP contribution in [0.3, 0.4) is 0 Å².